The maximum atomic E-state index is 13.4. The lowest BCUT2D eigenvalue weighted by atomic mass is 10.0. The van der Waals surface area contributed by atoms with Crippen molar-refractivity contribution in [1.82, 2.24) is 10.3 Å². The van der Waals surface area contributed by atoms with Crippen molar-refractivity contribution in [2.75, 3.05) is 0 Å². The first kappa shape index (κ1) is 16.9. The number of benzene rings is 2. The molecule has 0 saturated carbocycles. The number of aromatic amines is 1. The van der Waals surface area contributed by atoms with Gasteiger partial charge in [0.25, 0.3) is 5.91 Å². The van der Waals surface area contributed by atoms with Gasteiger partial charge in [0.2, 0.25) is 0 Å². The number of nitrogens with one attached hydrogen (secondary N) is 2. The summed E-state index contributed by atoms with van der Waals surface area (Å²) in [6, 6.07) is 10.2. The van der Waals surface area contributed by atoms with E-state index in [1.54, 1.807) is 30.6 Å². The summed E-state index contributed by atoms with van der Waals surface area (Å²) in [5, 5.41) is 11.9. The number of hydrogen-bond acceptors (Lipinski definition) is 2. The zero-order valence-corrected chi connectivity index (χ0v) is 13.2. The largest absolute Gasteiger partial charge is 0.392 e. The van der Waals surface area contributed by atoms with E-state index in [0.717, 1.165) is 5.56 Å². The van der Waals surface area contributed by atoms with Gasteiger partial charge in [0.15, 0.2) is 0 Å². The standard InChI is InChI=1S/C19H16F2N2O2/c20-15-4-2-13(3-5-15)16-9-22-10-17(16)19(25)23-8-12-1-6-18(21)14(7-12)11-24/h1-7,9-10,22,24H,8,11H2,(H,23,25). The number of hydrogen-bond donors (Lipinski definition) is 3. The number of carbonyl (C=O) groups excluding carboxylic acids is 1. The summed E-state index contributed by atoms with van der Waals surface area (Å²) in [5.74, 6) is -1.14. The van der Waals surface area contributed by atoms with Gasteiger partial charge in [0.1, 0.15) is 11.6 Å². The second-order valence-electron chi connectivity index (χ2n) is 5.56. The molecule has 3 rings (SSSR count). The van der Waals surface area contributed by atoms with Crippen molar-refractivity contribution in [3.05, 3.63) is 83.2 Å². The summed E-state index contributed by atoms with van der Waals surface area (Å²) < 4.78 is 26.4. The fourth-order valence-electron chi connectivity index (χ4n) is 2.56. The zero-order chi connectivity index (χ0) is 17.8. The van der Waals surface area contributed by atoms with Crippen LogP contribution in [-0.2, 0) is 13.2 Å². The van der Waals surface area contributed by atoms with Crippen LogP contribution >= 0.6 is 0 Å². The van der Waals surface area contributed by atoms with Crippen LogP contribution in [0.3, 0.4) is 0 Å². The monoisotopic (exact) mass is 342 g/mol. The van der Waals surface area contributed by atoms with Gasteiger partial charge < -0.3 is 15.4 Å². The topological polar surface area (TPSA) is 65.1 Å². The number of rotatable bonds is 5. The number of aliphatic hydroxyl groups excluding tert-OH is 1. The van der Waals surface area contributed by atoms with Gasteiger partial charge in [-0.1, -0.05) is 18.2 Å². The van der Waals surface area contributed by atoms with Crippen LogP contribution in [0.4, 0.5) is 8.78 Å². The highest BCUT2D eigenvalue weighted by molar-refractivity contribution is 6.00. The van der Waals surface area contributed by atoms with E-state index in [9.17, 15) is 13.6 Å². The van der Waals surface area contributed by atoms with Gasteiger partial charge in [-0.05, 0) is 35.4 Å². The second kappa shape index (κ2) is 7.27. The molecule has 1 amide bonds. The predicted molar refractivity (Wildman–Crippen MR) is 89.7 cm³/mol. The smallest absolute Gasteiger partial charge is 0.253 e. The highest BCUT2D eigenvalue weighted by Gasteiger charge is 2.14. The van der Waals surface area contributed by atoms with Crippen LogP contribution in [0, 0.1) is 11.6 Å². The molecule has 6 heteroatoms. The third kappa shape index (κ3) is 3.75. The van der Waals surface area contributed by atoms with E-state index in [1.165, 1.54) is 24.3 Å². The molecule has 0 aliphatic carbocycles. The Morgan fingerprint density at radius 2 is 1.84 bits per heavy atom. The summed E-state index contributed by atoms with van der Waals surface area (Å²) in [7, 11) is 0. The number of aromatic nitrogens is 1. The van der Waals surface area contributed by atoms with E-state index in [0.29, 0.717) is 16.7 Å². The molecule has 0 fully saturated rings. The average molecular weight is 342 g/mol. The Morgan fingerprint density at radius 1 is 1.08 bits per heavy atom. The summed E-state index contributed by atoms with van der Waals surface area (Å²) in [6.45, 7) is -0.208. The van der Waals surface area contributed by atoms with Crippen molar-refractivity contribution >= 4 is 5.91 Å². The van der Waals surface area contributed by atoms with Gasteiger partial charge in [-0.15, -0.1) is 0 Å². The first-order valence-corrected chi connectivity index (χ1v) is 7.67. The molecule has 0 unspecified atom stereocenters. The van der Waals surface area contributed by atoms with Crippen molar-refractivity contribution < 1.29 is 18.7 Å². The molecule has 128 valence electrons. The van der Waals surface area contributed by atoms with Crippen molar-refractivity contribution in [2.24, 2.45) is 0 Å². The molecule has 0 spiro atoms. The van der Waals surface area contributed by atoms with E-state index < -0.39 is 12.4 Å². The maximum absolute atomic E-state index is 13.4. The van der Waals surface area contributed by atoms with Crippen molar-refractivity contribution in [3.8, 4) is 11.1 Å². The Labute approximate surface area is 143 Å². The van der Waals surface area contributed by atoms with Crippen LogP contribution in [0.1, 0.15) is 21.5 Å². The molecule has 3 N–H and O–H groups in total. The van der Waals surface area contributed by atoms with Gasteiger partial charge in [-0.2, -0.15) is 0 Å². The fraction of sp³-hybridized carbons (Fsp3) is 0.105. The van der Waals surface area contributed by atoms with E-state index in [-0.39, 0.29) is 23.8 Å². The Hall–Kier alpha value is -2.99. The van der Waals surface area contributed by atoms with Gasteiger partial charge in [0.05, 0.1) is 12.2 Å². The minimum atomic E-state index is -0.484. The van der Waals surface area contributed by atoms with Crippen LogP contribution in [0.5, 0.6) is 0 Å². The summed E-state index contributed by atoms with van der Waals surface area (Å²) in [6.07, 6.45) is 3.24. The Bertz CT molecular complexity index is 889. The second-order valence-corrected chi connectivity index (χ2v) is 5.56. The quantitative estimate of drug-likeness (QED) is 0.665. The first-order chi connectivity index (χ1) is 12.1. The predicted octanol–water partition coefficient (Wildman–Crippen LogP) is 3.38. The molecule has 0 saturated heterocycles. The minimum Gasteiger partial charge on any atom is -0.392 e. The molecule has 0 aliphatic rings. The molecule has 4 nitrogen and oxygen atoms in total. The van der Waals surface area contributed by atoms with Crippen molar-refractivity contribution in [3.63, 3.8) is 0 Å². The first-order valence-electron chi connectivity index (χ1n) is 7.67. The number of H-pyrrole nitrogens is 1. The van der Waals surface area contributed by atoms with Crippen LogP contribution < -0.4 is 5.32 Å². The lowest BCUT2D eigenvalue weighted by Gasteiger charge is -2.08. The number of halogens is 2. The normalized spacial score (nSPS) is 10.7. The molecule has 1 aromatic heterocycles. The molecule has 0 atom stereocenters. The van der Waals surface area contributed by atoms with Gasteiger partial charge in [-0.25, -0.2) is 8.78 Å². The molecule has 1 heterocycles. The number of carbonyl (C=O) groups is 1. The molecule has 25 heavy (non-hydrogen) atoms. The van der Waals surface area contributed by atoms with E-state index >= 15 is 0 Å². The van der Waals surface area contributed by atoms with E-state index in [2.05, 4.69) is 10.3 Å². The molecule has 3 aromatic rings. The number of amides is 1. The van der Waals surface area contributed by atoms with Crippen LogP contribution in [0.2, 0.25) is 0 Å². The fourth-order valence-corrected chi connectivity index (χ4v) is 2.56. The molecular weight excluding hydrogens is 326 g/mol. The Balaban J connectivity index is 1.74. The van der Waals surface area contributed by atoms with Gasteiger partial charge >= 0.3 is 0 Å². The maximum Gasteiger partial charge on any atom is 0.253 e. The van der Waals surface area contributed by atoms with Crippen LogP contribution in [0.15, 0.2) is 54.9 Å². The highest BCUT2D eigenvalue weighted by Crippen LogP contribution is 2.23. The molecule has 0 radical (unpaired) electrons. The van der Waals surface area contributed by atoms with Crippen molar-refractivity contribution in [1.29, 1.82) is 0 Å². The summed E-state index contributed by atoms with van der Waals surface area (Å²) >= 11 is 0. The van der Waals surface area contributed by atoms with Gasteiger partial charge in [0, 0.05) is 30.1 Å². The molecule has 0 aliphatic heterocycles. The molecular formula is C19H16F2N2O2. The van der Waals surface area contributed by atoms with Crippen molar-refractivity contribution in [2.45, 2.75) is 13.2 Å². The minimum absolute atomic E-state index is 0.181. The molecule has 2 aromatic carbocycles. The third-order valence-electron chi connectivity index (χ3n) is 3.88. The van der Waals surface area contributed by atoms with Gasteiger partial charge in [-0.3, -0.25) is 4.79 Å². The lowest BCUT2D eigenvalue weighted by molar-refractivity contribution is 0.0951. The van der Waals surface area contributed by atoms with Crippen LogP contribution in [0.25, 0.3) is 11.1 Å². The zero-order valence-electron chi connectivity index (χ0n) is 13.2. The van der Waals surface area contributed by atoms with E-state index in [1.807, 2.05) is 0 Å². The Morgan fingerprint density at radius 3 is 2.56 bits per heavy atom. The third-order valence-corrected chi connectivity index (χ3v) is 3.88. The highest BCUT2D eigenvalue weighted by atomic mass is 19.1. The van der Waals surface area contributed by atoms with Crippen LogP contribution in [-0.4, -0.2) is 16.0 Å². The SMILES string of the molecule is O=C(NCc1ccc(F)c(CO)c1)c1c[nH]cc1-c1ccc(F)cc1. The molecule has 0 bridgehead atoms. The number of aliphatic hydroxyl groups is 1. The summed E-state index contributed by atoms with van der Waals surface area (Å²) in [5.41, 5.74) is 2.67. The Kier molecular flexibility index (Phi) is 4.90. The lowest BCUT2D eigenvalue weighted by Crippen LogP contribution is -2.23. The summed E-state index contributed by atoms with van der Waals surface area (Å²) in [4.78, 5) is 15.3. The average Bonchev–Trinajstić information content (AvgIpc) is 3.11. The van der Waals surface area contributed by atoms with E-state index in [4.69, 9.17) is 5.11 Å².